The van der Waals surface area contributed by atoms with Gasteiger partial charge in [-0.25, -0.2) is 4.79 Å². The molecule has 5 heteroatoms. The number of hydrogen-bond donors (Lipinski definition) is 1. The van der Waals surface area contributed by atoms with Gasteiger partial charge < -0.3 is 14.7 Å². The van der Waals surface area contributed by atoms with Crippen LogP contribution in [0.1, 0.15) is 27.2 Å². The highest BCUT2D eigenvalue weighted by Gasteiger charge is 2.39. The van der Waals surface area contributed by atoms with E-state index in [1.165, 1.54) is 4.90 Å². The molecule has 0 spiro atoms. The molecule has 0 saturated carbocycles. The number of nitrogens with zero attached hydrogens (tertiary/aromatic N) is 1. The van der Waals surface area contributed by atoms with E-state index < -0.39 is 23.6 Å². The molecule has 1 fully saturated rings. The lowest BCUT2D eigenvalue weighted by Crippen LogP contribution is -2.39. The second-order valence-corrected chi connectivity index (χ2v) is 5.21. The molecule has 0 aromatic rings. The zero-order chi connectivity index (χ0) is 13.2. The Bertz CT molecular complexity index is 332. The molecular weight excluding hydrogens is 222 g/mol. The Labute approximate surface area is 101 Å². The highest BCUT2D eigenvalue weighted by molar-refractivity contribution is 5.75. The molecule has 0 aliphatic carbocycles. The van der Waals surface area contributed by atoms with Crippen molar-refractivity contribution in [2.45, 2.75) is 38.8 Å². The van der Waals surface area contributed by atoms with Gasteiger partial charge in [-0.1, -0.05) is 6.08 Å². The van der Waals surface area contributed by atoms with Gasteiger partial charge in [0, 0.05) is 6.54 Å². The summed E-state index contributed by atoms with van der Waals surface area (Å²) in [5, 5.41) is 8.95. The maximum atomic E-state index is 11.9. The van der Waals surface area contributed by atoms with E-state index in [2.05, 4.69) is 6.58 Å². The molecule has 17 heavy (non-hydrogen) atoms. The molecule has 0 unspecified atom stereocenters. The van der Waals surface area contributed by atoms with Crippen molar-refractivity contribution in [2.75, 3.05) is 6.54 Å². The van der Waals surface area contributed by atoms with Crippen LogP contribution in [0, 0.1) is 5.92 Å². The zero-order valence-electron chi connectivity index (χ0n) is 10.5. The van der Waals surface area contributed by atoms with Gasteiger partial charge in [0.05, 0.1) is 12.0 Å². The van der Waals surface area contributed by atoms with Gasteiger partial charge in [-0.05, 0) is 27.2 Å². The molecule has 0 bridgehead atoms. The number of carboxylic acids is 1. The topological polar surface area (TPSA) is 66.8 Å². The summed E-state index contributed by atoms with van der Waals surface area (Å²) in [6.45, 7) is 9.13. The van der Waals surface area contributed by atoms with Crippen molar-refractivity contribution in [3.63, 3.8) is 0 Å². The number of carbonyl (C=O) groups excluding carboxylic acids is 1. The number of rotatable bonds is 2. The normalized spacial score (nSPS) is 24.5. The first kappa shape index (κ1) is 13.5. The first-order chi connectivity index (χ1) is 7.74. The summed E-state index contributed by atoms with van der Waals surface area (Å²) in [5.74, 6) is -1.42. The fourth-order valence-corrected chi connectivity index (χ4v) is 1.80. The molecule has 1 heterocycles. The smallest absolute Gasteiger partial charge is 0.410 e. The summed E-state index contributed by atoms with van der Waals surface area (Å²) in [4.78, 5) is 24.2. The molecule has 1 amide bonds. The minimum absolute atomic E-state index is 0.181. The molecule has 0 aromatic carbocycles. The van der Waals surface area contributed by atoms with Crippen LogP contribution in [0.3, 0.4) is 0 Å². The molecule has 2 atom stereocenters. The van der Waals surface area contributed by atoms with Crippen molar-refractivity contribution in [1.29, 1.82) is 0 Å². The highest BCUT2D eigenvalue weighted by Crippen LogP contribution is 2.26. The van der Waals surface area contributed by atoms with Crippen LogP contribution in [0.15, 0.2) is 12.7 Å². The largest absolute Gasteiger partial charge is 0.481 e. The van der Waals surface area contributed by atoms with Crippen molar-refractivity contribution in [3.8, 4) is 0 Å². The predicted octanol–water partition coefficient (Wildman–Crippen LogP) is 1.88. The summed E-state index contributed by atoms with van der Waals surface area (Å²) in [6, 6.07) is -0.258. The van der Waals surface area contributed by atoms with Crippen LogP contribution >= 0.6 is 0 Å². The monoisotopic (exact) mass is 241 g/mol. The van der Waals surface area contributed by atoms with Crippen molar-refractivity contribution >= 4 is 12.1 Å². The molecule has 0 radical (unpaired) electrons. The molecule has 1 aliphatic rings. The van der Waals surface area contributed by atoms with Gasteiger partial charge in [0.2, 0.25) is 0 Å². The second kappa shape index (κ2) is 4.77. The van der Waals surface area contributed by atoms with Crippen molar-refractivity contribution < 1.29 is 19.4 Å². The van der Waals surface area contributed by atoms with Gasteiger partial charge in [-0.15, -0.1) is 6.58 Å². The number of aliphatic carboxylic acids is 1. The van der Waals surface area contributed by atoms with Crippen LogP contribution in [-0.4, -0.2) is 40.3 Å². The Morgan fingerprint density at radius 2 is 2.06 bits per heavy atom. The van der Waals surface area contributed by atoms with Crippen molar-refractivity contribution in [2.24, 2.45) is 5.92 Å². The third-order valence-electron chi connectivity index (χ3n) is 2.59. The minimum Gasteiger partial charge on any atom is -0.481 e. The van der Waals surface area contributed by atoms with E-state index in [-0.39, 0.29) is 12.6 Å². The van der Waals surface area contributed by atoms with Gasteiger partial charge in [0.15, 0.2) is 0 Å². The minimum atomic E-state index is -0.886. The first-order valence-electron chi connectivity index (χ1n) is 5.59. The summed E-state index contributed by atoms with van der Waals surface area (Å²) in [7, 11) is 0. The average Bonchev–Trinajstić information content (AvgIpc) is 2.58. The average molecular weight is 241 g/mol. The maximum Gasteiger partial charge on any atom is 0.410 e. The lowest BCUT2D eigenvalue weighted by atomic mass is 10.1. The van der Waals surface area contributed by atoms with E-state index in [0.29, 0.717) is 6.42 Å². The molecule has 96 valence electrons. The number of likely N-dealkylation sites (tertiary alicyclic amines) is 1. The Morgan fingerprint density at radius 1 is 1.47 bits per heavy atom. The maximum absolute atomic E-state index is 11.9. The standard InChI is InChI=1S/C12H19NO4/c1-5-9-6-8(10(14)15)7-13(9)11(16)17-12(2,3)4/h5,8-9H,1,6-7H2,2-4H3,(H,14,15)/t8-,9-/m0/s1. The van der Waals surface area contributed by atoms with E-state index >= 15 is 0 Å². The van der Waals surface area contributed by atoms with Gasteiger partial charge in [0.25, 0.3) is 0 Å². The molecule has 5 nitrogen and oxygen atoms in total. The fraction of sp³-hybridized carbons (Fsp3) is 0.667. The van der Waals surface area contributed by atoms with Crippen molar-refractivity contribution in [1.82, 2.24) is 4.90 Å². The lowest BCUT2D eigenvalue weighted by molar-refractivity contribution is -0.141. The van der Waals surface area contributed by atoms with Crippen LogP contribution in [-0.2, 0) is 9.53 Å². The van der Waals surface area contributed by atoms with E-state index in [9.17, 15) is 9.59 Å². The summed E-state index contributed by atoms with van der Waals surface area (Å²) < 4.78 is 5.23. The number of amides is 1. The van der Waals surface area contributed by atoms with Gasteiger partial charge in [-0.3, -0.25) is 4.79 Å². The fourth-order valence-electron chi connectivity index (χ4n) is 1.80. The summed E-state index contributed by atoms with van der Waals surface area (Å²) in [5.41, 5.74) is -0.579. The van der Waals surface area contributed by atoms with Crippen LogP contribution in [0.4, 0.5) is 4.79 Å². The first-order valence-corrected chi connectivity index (χ1v) is 5.59. The van der Waals surface area contributed by atoms with E-state index in [1.54, 1.807) is 26.8 Å². The zero-order valence-corrected chi connectivity index (χ0v) is 10.5. The summed E-state index contributed by atoms with van der Waals surface area (Å²) in [6.07, 6.45) is 1.51. The summed E-state index contributed by atoms with van der Waals surface area (Å²) >= 11 is 0. The third-order valence-corrected chi connectivity index (χ3v) is 2.59. The quantitative estimate of drug-likeness (QED) is 0.749. The molecular formula is C12H19NO4. The Kier molecular flexibility index (Phi) is 3.80. The molecule has 1 N–H and O–H groups in total. The van der Waals surface area contributed by atoms with Gasteiger partial charge in [-0.2, -0.15) is 0 Å². The third kappa shape index (κ3) is 3.47. The Hall–Kier alpha value is -1.52. The van der Waals surface area contributed by atoms with Gasteiger partial charge >= 0.3 is 12.1 Å². The van der Waals surface area contributed by atoms with Crippen LogP contribution < -0.4 is 0 Å². The number of carbonyl (C=O) groups is 2. The number of ether oxygens (including phenoxy) is 1. The van der Waals surface area contributed by atoms with Crippen LogP contribution in [0.2, 0.25) is 0 Å². The number of carboxylic acid groups (broad SMARTS) is 1. The highest BCUT2D eigenvalue weighted by atomic mass is 16.6. The lowest BCUT2D eigenvalue weighted by Gasteiger charge is -2.27. The molecule has 1 saturated heterocycles. The van der Waals surface area contributed by atoms with Gasteiger partial charge in [0.1, 0.15) is 5.60 Å². The number of hydrogen-bond acceptors (Lipinski definition) is 3. The Morgan fingerprint density at radius 3 is 2.47 bits per heavy atom. The van der Waals surface area contributed by atoms with E-state index in [1.807, 2.05) is 0 Å². The molecule has 0 aromatic heterocycles. The van der Waals surface area contributed by atoms with E-state index in [0.717, 1.165) is 0 Å². The van der Waals surface area contributed by atoms with Crippen LogP contribution in [0.25, 0.3) is 0 Å². The Balaban J connectivity index is 2.72. The van der Waals surface area contributed by atoms with Crippen LogP contribution in [0.5, 0.6) is 0 Å². The molecule has 1 rings (SSSR count). The molecule has 1 aliphatic heterocycles. The predicted molar refractivity (Wildman–Crippen MR) is 62.7 cm³/mol. The SMILES string of the molecule is C=C[C@H]1C[C@H](C(=O)O)CN1C(=O)OC(C)(C)C. The second-order valence-electron chi connectivity index (χ2n) is 5.21. The van der Waals surface area contributed by atoms with Crippen molar-refractivity contribution in [3.05, 3.63) is 12.7 Å². The van der Waals surface area contributed by atoms with E-state index in [4.69, 9.17) is 9.84 Å².